The molecule has 0 aromatic carbocycles. The van der Waals surface area contributed by atoms with E-state index in [9.17, 15) is 0 Å². The molecule has 0 saturated carbocycles. The van der Waals surface area contributed by atoms with Gasteiger partial charge in [-0.15, -0.1) is 0 Å². The summed E-state index contributed by atoms with van der Waals surface area (Å²) >= 11 is 0. The second-order valence-corrected chi connectivity index (χ2v) is 7.27. The summed E-state index contributed by atoms with van der Waals surface area (Å²) in [5.41, 5.74) is 0. The second kappa shape index (κ2) is 6.73. The normalized spacial score (nSPS) is 36.5. The number of hydrogen-bond donors (Lipinski definition) is 1. The van der Waals surface area contributed by atoms with Crippen LogP contribution in [0.5, 0.6) is 0 Å². The van der Waals surface area contributed by atoms with Crippen molar-refractivity contribution in [3.8, 4) is 0 Å². The SMILES string of the molecule is CC(C)CN1CCOC(CN2CCCC3CNCC32)C1. The Morgan fingerprint density at radius 1 is 1.25 bits per heavy atom. The molecule has 3 aliphatic rings. The Bertz CT molecular complexity index is 310. The first-order chi connectivity index (χ1) is 9.72. The number of morpholine rings is 1. The van der Waals surface area contributed by atoms with E-state index < -0.39 is 0 Å². The van der Waals surface area contributed by atoms with Crippen molar-refractivity contribution in [3.05, 3.63) is 0 Å². The molecule has 4 nitrogen and oxygen atoms in total. The standard InChI is InChI=1S/C16H31N3O/c1-13(2)10-18-6-7-20-15(11-18)12-19-5-3-4-14-8-17-9-16(14)19/h13-17H,3-12H2,1-2H3. The minimum absolute atomic E-state index is 0.418. The van der Waals surface area contributed by atoms with Gasteiger partial charge in [-0.3, -0.25) is 9.80 Å². The van der Waals surface area contributed by atoms with Crippen molar-refractivity contribution < 1.29 is 4.74 Å². The summed E-state index contributed by atoms with van der Waals surface area (Å²) in [6, 6.07) is 0.771. The number of nitrogens with one attached hydrogen (secondary N) is 1. The maximum absolute atomic E-state index is 6.04. The fourth-order valence-corrected chi connectivity index (χ4v) is 4.22. The maximum atomic E-state index is 6.04. The molecule has 0 spiro atoms. The monoisotopic (exact) mass is 281 g/mol. The van der Waals surface area contributed by atoms with E-state index in [1.807, 2.05) is 0 Å². The Hall–Kier alpha value is -0.160. The van der Waals surface area contributed by atoms with Gasteiger partial charge in [0.25, 0.3) is 0 Å². The summed E-state index contributed by atoms with van der Waals surface area (Å²) in [4.78, 5) is 5.30. The first-order valence-electron chi connectivity index (χ1n) is 8.51. The average molecular weight is 281 g/mol. The van der Waals surface area contributed by atoms with E-state index in [2.05, 4.69) is 29.0 Å². The highest BCUT2D eigenvalue weighted by Crippen LogP contribution is 2.27. The van der Waals surface area contributed by atoms with Crippen molar-refractivity contribution in [3.63, 3.8) is 0 Å². The molecule has 0 aromatic heterocycles. The Labute approximate surface area is 123 Å². The van der Waals surface area contributed by atoms with Gasteiger partial charge in [-0.05, 0) is 37.8 Å². The molecule has 0 radical (unpaired) electrons. The van der Waals surface area contributed by atoms with Crippen LogP contribution in [0.2, 0.25) is 0 Å². The number of piperidine rings is 1. The van der Waals surface area contributed by atoms with Crippen LogP contribution in [-0.4, -0.2) is 74.4 Å². The van der Waals surface area contributed by atoms with E-state index >= 15 is 0 Å². The van der Waals surface area contributed by atoms with Gasteiger partial charge >= 0.3 is 0 Å². The summed E-state index contributed by atoms with van der Waals surface area (Å²) in [5.74, 6) is 1.64. The fourth-order valence-electron chi connectivity index (χ4n) is 4.22. The highest BCUT2D eigenvalue weighted by atomic mass is 16.5. The number of hydrogen-bond acceptors (Lipinski definition) is 4. The van der Waals surface area contributed by atoms with Crippen LogP contribution < -0.4 is 5.32 Å². The first kappa shape index (κ1) is 14.8. The second-order valence-electron chi connectivity index (χ2n) is 7.27. The zero-order valence-electron chi connectivity index (χ0n) is 13.2. The Balaban J connectivity index is 1.51. The summed E-state index contributed by atoms with van der Waals surface area (Å²) in [6.45, 7) is 13.8. The lowest BCUT2D eigenvalue weighted by molar-refractivity contribution is -0.0560. The van der Waals surface area contributed by atoms with Crippen LogP contribution in [0.1, 0.15) is 26.7 Å². The van der Waals surface area contributed by atoms with Crippen LogP contribution in [0, 0.1) is 11.8 Å². The summed E-state index contributed by atoms with van der Waals surface area (Å²) < 4.78 is 6.04. The van der Waals surface area contributed by atoms with Crippen molar-refractivity contribution in [2.24, 2.45) is 11.8 Å². The molecule has 0 aromatic rings. The molecule has 3 aliphatic heterocycles. The van der Waals surface area contributed by atoms with Gasteiger partial charge in [0.1, 0.15) is 0 Å². The molecule has 0 bridgehead atoms. The quantitative estimate of drug-likeness (QED) is 0.833. The molecule has 20 heavy (non-hydrogen) atoms. The molecule has 3 rings (SSSR count). The summed E-state index contributed by atoms with van der Waals surface area (Å²) in [5, 5.41) is 3.57. The van der Waals surface area contributed by atoms with Crippen LogP contribution in [0.15, 0.2) is 0 Å². The van der Waals surface area contributed by atoms with E-state index in [-0.39, 0.29) is 0 Å². The molecule has 1 N–H and O–H groups in total. The smallest absolute Gasteiger partial charge is 0.0829 e. The minimum atomic E-state index is 0.418. The van der Waals surface area contributed by atoms with Crippen molar-refractivity contribution in [1.82, 2.24) is 15.1 Å². The van der Waals surface area contributed by atoms with E-state index in [1.54, 1.807) is 0 Å². The molecule has 3 atom stereocenters. The molecule has 0 amide bonds. The van der Waals surface area contributed by atoms with Gasteiger partial charge in [0.15, 0.2) is 0 Å². The molecule has 3 saturated heterocycles. The van der Waals surface area contributed by atoms with E-state index in [0.29, 0.717) is 6.10 Å². The third kappa shape index (κ3) is 3.53. The predicted molar refractivity (Wildman–Crippen MR) is 82.0 cm³/mol. The Morgan fingerprint density at radius 3 is 3.00 bits per heavy atom. The molecular formula is C16H31N3O. The summed E-state index contributed by atoms with van der Waals surface area (Å²) in [6.07, 6.45) is 3.20. The van der Waals surface area contributed by atoms with E-state index in [1.165, 1.54) is 39.0 Å². The van der Waals surface area contributed by atoms with Crippen molar-refractivity contribution in [2.45, 2.75) is 38.8 Å². The molecular weight excluding hydrogens is 250 g/mol. The number of fused-ring (bicyclic) bond motifs is 1. The minimum Gasteiger partial charge on any atom is -0.374 e. The average Bonchev–Trinajstić information content (AvgIpc) is 2.88. The van der Waals surface area contributed by atoms with Crippen molar-refractivity contribution >= 4 is 0 Å². The van der Waals surface area contributed by atoms with Gasteiger partial charge in [-0.2, -0.15) is 0 Å². The molecule has 116 valence electrons. The first-order valence-corrected chi connectivity index (χ1v) is 8.51. The zero-order chi connectivity index (χ0) is 13.9. The number of ether oxygens (including phenoxy) is 1. The Morgan fingerprint density at radius 2 is 2.15 bits per heavy atom. The van der Waals surface area contributed by atoms with Crippen molar-refractivity contribution in [1.29, 1.82) is 0 Å². The van der Waals surface area contributed by atoms with Crippen LogP contribution in [0.4, 0.5) is 0 Å². The van der Waals surface area contributed by atoms with Crippen molar-refractivity contribution in [2.75, 3.05) is 52.4 Å². The van der Waals surface area contributed by atoms with Gasteiger partial charge in [0, 0.05) is 38.8 Å². The predicted octanol–water partition coefficient (Wildman–Crippen LogP) is 1.03. The van der Waals surface area contributed by atoms with Gasteiger partial charge in [0.05, 0.1) is 12.7 Å². The Kier molecular flexibility index (Phi) is 4.97. The highest BCUT2D eigenvalue weighted by molar-refractivity contribution is 4.93. The van der Waals surface area contributed by atoms with E-state index in [4.69, 9.17) is 4.74 Å². The van der Waals surface area contributed by atoms with Crippen LogP contribution >= 0.6 is 0 Å². The maximum Gasteiger partial charge on any atom is 0.0829 e. The van der Waals surface area contributed by atoms with E-state index in [0.717, 1.165) is 44.1 Å². The van der Waals surface area contributed by atoms with Gasteiger partial charge in [0.2, 0.25) is 0 Å². The molecule has 3 fully saturated rings. The highest BCUT2D eigenvalue weighted by Gasteiger charge is 2.36. The lowest BCUT2D eigenvalue weighted by atomic mass is 9.92. The van der Waals surface area contributed by atoms with Gasteiger partial charge in [-0.1, -0.05) is 13.8 Å². The number of rotatable bonds is 4. The molecule has 3 unspecified atom stereocenters. The third-order valence-electron chi connectivity index (χ3n) is 5.08. The van der Waals surface area contributed by atoms with Gasteiger partial charge in [-0.25, -0.2) is 0 Å². The number of likely N-dealkylation sites (tertiary alicyclic amines) is 1. The number of nitrogens with zero attached hydrogens (tertiary/aromatic N) is 2. The largest absolute Gasteiger partial charge is 0.374 e. The molecule has 3 heterocycles. The van der Waals surface area contributed by atoms with Crippen LogP contribution in [0.3, 0.4) is 0 Å². The zero-order valence-corrected chi connectivity index (χ0v) is 13.2. The molecule has 0 aliphatic carbocycles. The third-order valence-corrected chi connectivity index (χ3v) is 5.08. The van der Waals surface area contributed by atoms with Gasteiger partial charge < -0.3 is 10.1 Å². The lowest BCUT2D eigenvalue weighted by Gasteiger charge is -2.41. The molecule has 4 heteroatoms. The summed E-state index contributed by atoms with van der Waals surface area (Å²) in [7, 11) is 0. The van der Waals surface area contributed by atoms with Crippen LogP contribution in [-0.2, 0) is 4.74 Å². The fraction of sp³-hybridized carbons (Fsp3) is 1.00. The van der Waals surface area contributed by atoms with Crippen LogP contribution in [0.25, 0.3) is 0 Å². The lowest BCUT2D eigenvalue weighted by Crippen LogP contribution is -2.53. The topological polar surface area (TPSA) is 27.7 Å².